The highest BCUT2D eigenvalue weighted by molar-refractivity contribution is 5.94. The van der Waals surface area contributed by atoms with Crippen LogP contribution in [0.15, 0.2) is 127 Å². The number of carbonyl (C=O) groups is 1. The van der Waals surface area contributed by atoms with Gasteiger partial charge in [0, 0.05) is 18.0 Å². The summed E-state index contributed by atoms with van der Waals surface area (Å²) in [7, 11) is 0. The van der Waals surface area contributed by atoms with E-state index in [4.69, 9.17) is 5.10 Å². The number of hydrogen-bond acceptors (Lipinski definition) is 2. The van der Waals surface area contributed by atoms with Crippen molar-refractivity contribution < 1.29 is 4.79 Å². The molecule has 172 valence electrons. The summed E-state index contributed by atoms with van der Waals surface area (Å²) in [5, 5.41) is 7.91. The summed E-state index contributed by atoms with van der Waals surface area (Å²) in [6.45, 7) is 0.550. The molecule has 0 saturated heterocycles. The minimum absolute atomic E-state index is 0.136. The van der Waals surface area contributed by atoms with Crippen molar-refractivity contribution in [3.8, 4) is 16.9 Å². The molecule has 0 unspecified atom stereocenters. The van der Waals surface area contributed by atoms with Gasteiger partial charge in [-0.15, -0.1) is 0 Å². The van der Waals surface area contributed by atoms with Gasteiger partial charge < -0.3 is 5.32 Å². The average Bonchev–Trinajstić information content (AvgIpc) is 3.39. The lowest BCUT2D eigenvalue weighted by molar-refractivity contribution is 0.0945. The third-order valence-corrected chi connectivity index (χ3v) is 6.13. The number of benzene rings is 4. The van der Waals surface area contributed by atoms with Gasteiger partial charge >= 0.3 is 0 Å². The van der Waals surface area contributed by atoms with E-state index in [2.05, 4.69) is 53.8 Å². The number of para-hydroxylation sites is 1. The fourth-order valence-corrected chi connectivity index (χ4v) is 4.38. The predicted molar refractivity (Wildman–Crippen MR) is 141 cm³/mol. The van der Waals surface area contributed by atoms with Crippen LogP contribution in [-0.4, -0.2) is 22.2 Å². The molecule has 0 atom stereocenters. The second kappa shape index (κ2) is 10.7. The normalized spacial score (nSPS) is 10.9. The van der Waals surface area contributed by atoms with Gasteiger partial charge in [0.1, 0.15) is 5.69 Å². The number of aromatic nitrogens is 2. The maximum Gasteiger partial charge on any atom is 0.270 e. The topological polar surface area (TPSA) is 46.9 Å². The third-order valence-electron chi connectivity index (χ3n) is 6.13. The molecule has 0 aliphatic rings. The van der Waals surface area contributed by atoms with Gasteiger partial charge in [-0.3, -0.25) is 4.79 Å². The van der Waals surface area contributed by atoms with Crippen LogP contribution in [0.3, 0.4) is 0 Å². The maximum absolute atomic E-state index is 13.4. The standard InChI is InChI=1S/C31H27N3O/c35-31(32-22-21-28(24-13-5-1-6-14-24)25-15-7-2-8-16-25)30-23-29(26-17-9-3-10-18-26)33-34(30)27-19-11-4-12-20-27/h1-20,23,28H,21-22H2,(H,32,35). The molecule has 0 saturated carbocycles. The Morgan fingerprint density at radius 2 is 1.23 bits per heavy atom. The van der Waals surface area contributed by atoms with Gasteiger partial charge in [0.25, 0.3) is 5.91 Å². The molecular weight excluding hydrogens is 430 g/mol. The second-order valence-corrected chi connectivity index (χ2v) is 8.45. The van der Waals surface area contributed by atoms with Gasteiger partial charge in [0.15, 0.2) is 0 Å². The van der Waals surface area contributed by atoms with E-state index in [-0.39, 0.29) is 11.8 Å². The van der Waals surface area contributed by atoms with E-state index in [1.807, 2.05) is 78.9 Å². The van der Waals surface area contributed by atoms with Gasteiger partial charge in [-0.1, -0.05) is 109 Å². The summed E-state index contributed by atoms with van der Waals surface area (Å²) in [4.78, 5) is 13.4. The van der Waals surface area contributed by atoms with E-state index in [0.29, 0.717) is 12.2 Å². The van der Waals surface area contributed by atoms with Gasteiger partial charge in [-0.25, -0.2) is 4.68 Å². The van der Waals surface area contributed by atoms with Crippen molar-refractivity contribution in [3.05, 3.63) is 144 Å². The van der Waals surface area contributed by atoms with Crippen LogP contribution in [-0.2, 0) is 0 Å². The highest BCUT2D eigenvalue weighted by Gasteiger charge is 2.19. The molecule has 5 rings (SSSR count). The number of carbonyl (C=O) groups excluding carboxylic acids is 1. The van der Waals surface area contributed by atoms with Gasteiger partial charge in [-0.2, -0.15) is 5.10 Å². The molecule has 0 radical (unpaired) electrons. The molecule has 0 fully saturated rings. The summed E-state index contributed by atoms with van der Waals surface area (Å²) >= 11 is 0. The predicted octanol–water partition coefficient (Wildman–Crippen LogP) is 6.49. The lowest BCUT2D eigenvalue weighted by Gasteiger charge is -2.18. The van der Waals surface area contributed by atoms with Crippen molar-refractivity contribution in [1.82, 2.24) is 15.1 Å². The van der Waals surface area contributed by atoms with Crippen molar-refractivity contribution in [2.75, 3.05) is 6.54 Å². The fraction of sp³-hybridized carbons (Fsp3) is 0.0968. The molecule has 0 bridgehead atoms. The smallest absolute Gasteiger partial charge is 0.270 e. The minimum Gasteiger partial charge on any atom is -0.351 e. The first kappa shape index (κ1) is 22.4. The third kappa shape index (κ3) is 5.22. The molecule has 4 heteroatoms. The molecule has 5 aromatic rings. The van der Waals surface area contributed by atoms with E-state index in [1.165, 1.54) is 11.1 Å². The largest absolute Gasteiger partial charge is 0.351 e. The van der Waals surface area contributed by atoms with Crippen LogP contribution in [0.2, 0.25) is 0 Å². The molecule has 0 spiro atoms. The summed E-state index contributed by atoms with van der Waals surface area (Å²) in [5.41, 5.74) is 5.61. The second-order valence-electron chi connectivity index (χ2n) is 8.45. The molecule has 1 aromatic heterocycles. The zero-order valence-electron chi connectivity index (χ0n) is 19.4. The Balaban J connectivity index is 1.38. The highest BCUT2D eigenvalue weighted by atomic mass is 16.2. The molecule has 1 heterocycles. The Morgan fingerprint density at radius 3 is 1.80 bits per heavy atom. The van der Waals surface area contributed by atoms with Crippen LogP contribution < -0.4 is 5.32 Å². The lowest BCUT2D eigenvalue weighted by Crippen LogP contribution is -2.28. The van der Waals surface area contributed by atoms with Crippen molar-refractivity contribution >= 4 is 5.91 Å². The monoisotopic (exact) mass is 457 g/mol. The first-order chi connectivity index (χ1) is 17.3. The quantitative estimate of drug-likeness (QED) is 0.289. The molecule has 0 aliphatic carbocycles. The Bertz CT molecular complexity index is 1320. The molecule has 4 nitrogen and oxygen atoms in total. The summed E-state index contributed by atoms with van der Waals surface area (Å²) in [6.07, 6.45) is 0.796. The summed E-state index contributed by atoms with van der Waals surface area (Å²) in [5.74, 6) is 0.0695. The number of amides is 1. The van der Waals surface area contributed by atoms with Crippen molar-refractivity contribution in [2.24, 2.45) is 0 Å². The first-order valence-corrected chi connectivity index (χ1v) is 11.9. The van der Waals surface area contributed by atoms with Crippen LogP contribution in [0.25, 0.3) is 16.9 Å². The van der Waals surface area contributed by atoms with E-state index in [1.54, 1.807) is 4.68 Å². The van der Waals surface area contributed by atoms with E-state index < -0.39 is 0 Å². The zero-order chi connectivity index (χ0) is 23.9. The molecule has 4 aromatic carbocycles. The molecule has 1 N–H and O–H groups in total. The Morgan fingerprint density at radius 1 is 0.714 bits per heavy atom. The maximum atomic E-state index is 13.4. The minimum atomic E-state index is -0.136. The van der Waals surface area contributed by atoms with E-state index >= 15 is 0 Å². The van der Waals surface area contributed by atoms with Crippen LogP contribution in [0.1, 0.15) is 34.0 Å². The SMILES string of the molecule is O=C(NCCC(c1ccccc1)c1ccccc1)c1cc(-c2ccccc2)nn1-c1ccccc1. The van der Waals surface area contributed by atoms with Gasteiger partial charge in [0.05, 0.1) is 11.4 Å². The van der Waals surface area contributed by atoms with Crippen LogP contribution in [0.5, 0.6) is 0 Å². The van der Waals surface area contributed by atoms with Gasteiger partial charge in [0.2, 0.25) is 0 Å². The zero-order valence-corrected chi connectivity index (χ0v) is 19.4. The molecule has 1 amide bonds. The number of hydrogen-bond donors (Lipinski definition) is 1. The summed E-state index contributed by atoms with van der Waals surface area (Å²) < 4.78 is 1.73. The highest BCUT2D eigenvalue weighted by Crippen LogP contribution is 2.27. The van der Waals surface area contributed by atoms with Crippen LogP contribution in [0, 0.1) is 0 Å². The number of nitrogens with one attached hydrogen (secondary N) is 1. The van der Waals surface area contributed by atoms with Crippen molar-refractivity contribution in [2.45, 2.75) is 12.3 Å². The Labute approximate surface area is 205 Å². The van der Waals surface area contributed by atoms with Crippen LogP contribution in [0.4, 0.5) is 0 Å². The number of nitrogens with zero attached hydrogens (tertiary/aromatic N) is 2. The lowest BCUT2D eigenvalue weighted by atomic mass is 9.88. The van der Waals surface area contributed by atoms with E-state index in [0.717, 1.165) is 23.4 Å². The number of rotatable bonds is 8. The Hall–Kier alpha value is -4.44. The Kier molecular flexibility index (Phi) is 6.81. The fourth-order valence-electron chi connectivity index (χ4n) is 4.38. The molecule has 35 heavy (non-hydrogen) atoms. The molecule has 0 aliphatic heterocycles. The summed E-state index contributed by atoms with van der Waals surface area (Å²) in [6, 6.07) is 42.5. The average molecular weight is 458 g/mol. The van der Waals surface area contributed by atoms with Gasteiger partial charge in [-0.05, 0) is 35.7 Å². The van der Waals surface area contributed by atoms with E-state index in [9.17, 15) is 4.79 Å². The van der Waals surface area contributed by atoms with Crippen molar-refractivity contribution in [1.29, 1.82) is 0 Å². The molecular formula is C31H27N3O. The van der Waals surface area contributed by atoms with Crippen LogP contribution >= 0.6 is 0 Å². The van der Waals surface area contributed by atoms with Crippen molar-refractivity contribution in [3.63, 3.8) is 0 Å². The first-order valence-electron chi connectivity index (χ1n) is 11.9.